The minimum atomic E-state index is -3.71. The lowest BCUT2D eigenvalue weighted by atomic mass is 9.67. The SMILES string of the molecule is Cc1ccc(S(=O)(=O)N/N=C2\CCc3ccccc3C2(C)Cc2ccccc2)cc1. The Hall–Kier alpha value is -2.92. The summed E-state index contributed by atoms with van der Waals surface area (Å²) in [6.45, 7) is 4.09. The van der Waals surface area contributed by atoms with E-state index in [1.165, 1.54) is 16.7 Å². The second-order valence-corrected chi connectivity index (χ2v) is 9.78. The number of hydrogen-bond donors (Lipinski definition) is 1. The van der Waals surface area contributed by atoms with Crippen molar-refractivity contribution in [1.29, 1.82) is 0 Å². The van der Waals surface area contributed by atoms with Gasteiger partial charge in [-0.05, 0) is 61.9 Å². The van der Waals surface area contributed by atoms with Crippen LogP contribution in [0.5, 0.6) is 0 Å². The monoisotopic (exact) mass is 418 g/mol. The van der Waals surface area contributed by atoms with Crippen molar-refractivity contribution in [2.75, 3.05) is 0 Å². The number of rotatable bonds is 5. The predicted molar refractivity (Wildman–Crippen MR) is 121 cm³/mol. The van der Waals surface area contributed by atoms with Gasteiger partial charge < -0.3 is 0 Å². The Bertz CT molecular complexity index is 1170. The van der Waals surface area contributed by atoms with Gasteiger partial charge >= 0.3 is 0 Å². The van der Waals surface area contributed by atoms with Gasteiger partial charge in [0.1, 0.15) is 0 Å². The molecule has 4 nitrogen and oxygen atoms in total. The van der Waals surface area contributed by atoms with Crippen LogP contribution in [0.15, 0.2) is 88.9 Å². The Morgan fingerprint density at radius 1 is 0.900 bits per heavy atom. The number of hydrogen-bond acceptors (Lipinski definition) is 3. The van der Waals surface area contributed by atoms with Gasteiger partial charge in [0.2, 0.25) is 0 Å². The smallest absolute Gasteiger partial charge is 0.200 e. The number of benzene rings is 3. The predicted octanol–water partition coefficient (Wildman–Crippen LogP) is 4.78. The summed E-state index contributed by atoms with van der Waals surface area (Å²) in [6, 6.07) is 25.5. The van der Waals surface area contributed by atoms with Crippen LogP contribution in [-0.4, -0.2) is 14.1 Å². The molecular weight excluding hydrogens is 392 g/mol. The molecule has 0 heterocycles. The molecule has 0 spiro atoms. The number of hydrazone groups is 1. The molecule has 1 N–H and O–H groups in total. The number of nitrogens with one attached hydrogen (secondary N) is 1. The van der Waals surface area contributed by atoms with E-state index in [1.807, 2.05) is 31.2 Å². The highest BCUT2D eigenvalue weighted by molar-refractivity contribution is 7.89. The lowest BCUT2D eigenvalue weighted by Crippen LogP contribution is -2.41. The minimum absolute atomic E-state index is 0.221. The second-order valence-electron chi connectivity index (χ2n) is 8.12. The summed E-state index contributed by atoms with van der Waals surface area (Å²) in [4.78, 5) is 2.72. The lowest BCUT2D eigenvalue weighted by Gasteiger charge is -2.37. The van der Waals surface area contributed by atoms with Gasteiger partial charge in [0.15, 0.2) is 0 Å². The molecule has 0 amide bonds. The normalized spacial score (nSPS) is 20.0. The highest BCUT2D eigenvalue weighted by atomic mass is 32.2. The zero-order chi connectivity index (χ0) is 21.2. The first-order valence-electron chi connectivity index (χ1n) is 10.2. The summed E-state index contributed by atoms with van der Waals surface area (Å²) in [5.41, 5.74) is 5.21. The van der Waals surface area contributed by atoms with Gasteiger partial charge in [-0.1, -0.05) is 72.3 Å². The first-order chi connectivity index (χ1) is 14.4. The molecule has 1 atom stereocenters. The van der Waals surface area contributed by atoms with E-state index in [2.05, 4.69) is 47.2 Å². The molecule has 0 saturated carbocycles. The largest absolute Gasteiger partial charge is 0.276 e. The Kier molecular flexibility index (Phi) is 5.48. The third-order valence-electron chi connectivity index (χ3n) is 5.91. The summed E-state index contributed by atoms with van der Waals surface area (Å²) >= 11 is 0. The van der Waals surface area contributed by atoms with E-state index in [-0.39, 0.29) is 10.3 Å². The lowest BCUT2D eigenvalue weighted by molar-refractivity contribution is 0.572. The summed E-state index contributed by atoms with van der Waals surface area (Å²) in [6.07, 6.45) is 2.33. The Labute approximate surface area is 178 Å². The van der Waals surface area contributed by atoms with Gasteiger partial charge in [-0.25, -0.2) is 4.83 Å². The van der Waals surface area contributed by atoms with Crippen LogP contribution in [0.25, 0.3) is 0 Å². The molecule has 0 saturated heterocycles. The van der Waals surface area contributed by atoms with Crippen molar-refractivity contribution in [3.05, 3.63) is 101 Å². The molecule has 1 aliphatic carbocycles. The van der Waals surface area contributed by atoms with Gasteiger partial charge in [-0.2, -0.15) is 13.5 Å². The van der Waals surface area contributed by atoms with E-state index < -0.39 is 10.0 Å². The molecule has 0 bridgehead atoms. The van der Waals surface area contributed by atoms with Crippen LogP contribution in [0.4, 0.5) is 0 Å². The maximum atomic E-state index is 12.8. The van der Waals surface area contributed by atoms with E-state index >= 15 is 0 Å². The first-order valence-corrected chi connectivity index (χ1v) is 11.6. The number of nitrogens with zero attached hydrogens (tertiary/aromatic N) is 1. The highest BCUT2D eigenvalue weighted by Crippen LogP contribution is 2.38. The topological polar surface area (TPSA) is 58.5 Å². The maximum absolute atomic E-state index is 12.8. The van der Waals surface area contributed by atoms with Crippen LogP contribution in [0.2, 0.25) is 0 Å². The van der Waals surface area contributed by atoms with E-state index in [0.29, 0.717) is 0 Å². The van der Waals surface area contributed by atoms with E-state index in [0.717, 1.165) is 30.5 Å². The zero-order valence-corrected chi connectivity index (χ0v) is 18.1. The molecule has 154 valence electrons. The molecule has 3 aromatic carbocycles. The van der Waals surface area contributed by atoms with Crippen molar-refractivity contribution >= 4 is 15.7 Å². The molecule has 30 heavy (non-hydrogen) atoms. The molecule has 0 fully saturated rings. The Morgan fingerprint density at radius 3 is 2.30 bits per heavy atom. The molecule has 4 rings (SSSR count). The average molecular weight is 419 g/mol. The standard InChI is InChI=1S/C25H26N2O2S/c1-19-12-15-22(16-13-19)30(28,29)27-26-24-17-14-21-10-6-7-11-23(21)25(24,2)18-20-8-4-3-5-9-20/h3-13,15-16,27H,14,17-18H2,1-2H3/b26-24+. The fourth-order valence-corrected chi connectivity index (χ4v) is 5.06. The average Bonchev–Trinajstić information content (AvgIpc) is 2.74. The summed E-state index contributed by atoms with van der Waals surface area (Å²) in [5.74, 6) is 0. The fraction of sp³-hybridized carbons (Fsp3) is 0.240. The molecule has 1 aliphatic rings. The molecule has 0 aromatic heterocycles. The van der Waals surface area contributed by atoms with E-state index in [1.54, 1.807) is 24.3 Å². The molecule has 3 aromatic rings. The van der Waals surface area contributed by atoms with Crippen molar-refractivity contribution in [2.24, 2.45) is 5.10 Å². The van der Waals surface area contributed by atoms with Crippen molar-refractivity contribution in [2.45, 2.75) is 43.4 Å². The number of sulfonamides is 1. The van der Waals surface area contributed by atoms with Crippen molar-refractivity contribution in [3.63, 3.8) is 0 Å². The van der Waals surface area contributed by atoms with Crippen molar-refractivity contribution < 1.29 is 8.42 Å². The third kappa shape index (κ3) is 4.03. The second kappa shape index (κ2) is 8.07. The minimum Gasteiger partial charge on any atom is -0.200 e. The fourth-order valence-electron chi connectivity index (χ4n) is 4.23. The summed E-state index contributed by atoms with van der Waals surface area (Å²) in [7, 11) is -3.71. The van der Waals surface area contributed by atoms with Crippen molar-refractivity contribution in [1.82, 2.24) is 4.83 Å². The van der Waals surface area contributed by atoms with Crippen molar-refractivity contribution in [3.8, 4) is 0 Å². The van der Waals surface area contributed by atoms with Gasteiger partial charge in [0, 0.05) is 11.1 Å². The van der Waals surface area contributed by atoms with E-state index in [9.17, 15) is 8.42 Å². The first kappa shape index (κ1) is 20.4. The van der Waals surface area contributed by atoms with Crippen LogP contribution in [0, 0.1) is 6.92 Å². The van der Waals surface area contributed by atoms with Gasteiger partial charge in [-0.15, -0.1) is 0 Å². The van der Waals surface area contributed by atoms with Crippen LogP contribution in [0.3, 0.4) is 0 Å². The Morgan fingerprint density at radius 2 is 1.57 bits per heavy atom. The quantitative estimate of drug-likeness (QED) is 0.607. The number of fused-ring (bicyclic) bond motifs is 1. The summed E-state index contributed by atoms with van der Waals surface area (Å²) in [5, 5.41) is 4.48. The number of aryl methyl sites for hydroxylation is 2. The van der Waals surface area contributed by atoms with Crippen LogP contribution in [-0.2, 0) is 28.3 Å². The molecular formula is C25H26N2O2S. The van der Waals surface area contributed by atoms with Gasteiger partial charge in [0.05, 0.1) is 4.90 Å². The maximum Gasteiger partial charge on any atom is 0.276 e. The van der Waals surface area contributed by atoms with Crippen LogP contribution in [0.1, 0.15) is 35.6 Å². The highest BCUT2D eigenvalue weighted by Gasteiger charge is 2.38. The van der Waals surface area contributed by atoms with Gasteiger partial charge in [-0.3, -0.25) is 0 Å². The van der Waals surface area contributed by atoms with Crippen LogP contribution < -0.4 is 4.83 Å². The molecule has 0 radical (unpaired) electrons. The van der Waals surface area contributed by atoms with Gasteiger partial charge in [0.25, 0.3) is 10.0 Å². The molecule has 1 unspecified atom stereocenters. The molecule has 5 heteroatoms. The van der Waals surface area contributed by atoms with E-state index in [4.69, 9.17) is 0 Å². The third-order valence-corrected chi connectivity index (χ3v) is 7.14. The zero-order valence-electron chi connectivity index (χ0n) is 17.3. The summed E-state index contributed by atoms with van der Waals surface area (Å²) < 4.78 is 25.6. The Balaban J connectivity index is 1.71. The van der Waals surface area contributed by atoms with Crippen LogP contribution >= 0.6 is 0 Å². The molecule has 0 aliphatic heterocycles.